The maximum Gasteiger partial charge on any atom is 0.412 e. The van der Waals surface area contributed by atoms with Crippen LogP contribution in [-0.4, -0.2) is 43.3 Å². The van der Waals surface area contributed by atoms with Gasteiger partial charge in [0.05, 0.1) is 6.54 Å². The average Bonchev–Trinajstić information content (AvgIpc) is 2.76. The minimum absolute atomic E-state index is 0.334. The van der Waals surface area contributed by atoms with Gasteiger partial charge in [0.2, 0.25) is 0 Å². The molecule has 6 nitrogen and oxygen atoms in total. The van der Waals surface area contributed by atoms with E-state index in [2.05, 4.69) is 5.32 Å². The summed E-state index contributed by atoms with van der Waals surface area (Å²) in [6, 6.07) is 8.78. The quantitative estimate of drug-likeness (QED) is 0.872. The second kappa shape index (κ2) is 5.90. The minimum atomic E-state index is -0.534. The first-order chi connectivity index (χ1) is 8.75. The van der Waals surface area contributed by atoms with Gasteiger partial charge in [-0.1, -0.05) is 18.2 Å². The molecular weight excluding hydrogens is 236 g/mol. The fourth-order valence-electron chi connectivity index (χ4n) is 1.55. The highest BCUT2D eigenvalue weighted by molar-refractivity contribution is 5.71. The van der Waals surface area contributed by atoms with Crippen molar-refractivity contribution < 1.29 is 19.1 Å². The molecule has 0 aromatic heterocycles. The summed E-state index contributed by atoms with van der Waals surface area (Å²) < 4.78 is 9.78. The van der Waals surface area contributed by atoms with Crippen molar-refractivity contribution in [2.75, 3.05) is 26.2 Å². The number of ether oxygens (including phenoxy) is 2. The third kappa shape index (κ3) is 3.38. The van der Waals surface area contributed by atoms with E-state index in [1.807, 2.05) is 6.07 Å². The van der Waals surface area contributed by atoms with Crippen LogP contribution in [0.25, 0.3) is 0 Å². The van der Waals surface area contributed by atoms with E-state index in [9.17, 15) is 9.59 Å². The number of nitrogens with one attached hydrogen (secondary N) is 1. The van der Waals surface area contributed by atoms with Crippen molar-refractivity contribution in [3.8, 4) is 5.75 Å². The van der Waals surface area contributed by atoms with Crippen molar-refractivity contribution in [3.05, 3.63) is 30.3 Å². The summed E-state index contributed by atoms with van der Waals surface area (Å²) in [7, 11) is 0. The molecule has 0 unspecified atom stereocenters. The number of para-hydroxylation sites is 1. The summed E-state index contributed by atoms with van der Waals surface area (Å²) >= 11 is 0. The van der Waals surface area contributed by atoms with E-state index in [0.717, 1.165) is 0 Å². The number of nitrogens with zero attached hydrogens (tertiary/aromatic N) is 1. The lowest BCUT2D eigenvalue weighted by atomic mass is 10.3. The molecular formula is C12H14N2O4. The standard InChI is InChI=1S/C12H14N2O4/c15-11(18-10-4-2-1-3-5-10)13-6-7-14-8-9-17-12(14)16/h1-5H,6-9H2,(H,13,15). The van der Waals surface area contributed by atoms with Crippen molar-refractivity contribution in [1.29, 1.82) is 0 Å². The molecule has 96 valence electrons. The van der Waals surface area contributed by atoms with E-state index in [1.165, 1.54) is 4.90 Å². The van der Waals surface area contributed by atoms with Crippen molar-refractivity contribution in [2.45, 2.75) is 0 Å². The zero-order valence-corrected chi connectivity index (χ0v) is 9.80. The van der Waals surface area contributed by atoms with Crippen LogP contribution < -0.4 is 10.1 Å². The highest BCUT2D eigenvalue weighted by Crippen LogP contribution is 2.08. The van der Waals surface area contributed by atoms with Gasteiger partial charge in [0.1, 0.15) is 12.4 Å². The number of benzene rings is 1. The molecule has 0 saturated carbocycles. The van der Waals surface area contributed by atoms with Gasteiger partial charge >= 0.3 is 12.2 Å². The molecule has 1 aliphatic rings. The first kappa shape index (κ1) is 12.2. The van der Waals surface area contributed by atoms with Crippen LogP contribution in [0.1, 0.15) is 0 Å². The smallest absolute Gasteiger partial charge is 0.412 e. The lowest BCUT2D eigenvalue weighted by molar-refractivity contribution is 0.157. The Labute approximate surface area is 104 Å². The summed E-state index contributed by atoms with van der Waals surface area (Å²) in [4.78, 5) is 24.0. The zero-order chi connectivity index (χ0) is 12.8. The van der Waals surface area contributed by atoms with E-state index in [4.69, 9.17) is 9.47 Å². The number of hydrogen-bond acceptors (Lipinski definition) is 4. The molecule has 2 amide bonds. The Bertz CT molecular complexity index is 421. The predicted octanol–water partition coefficient (Wildman–Crippen LogP) is 1.23. The van der Waals surface area contributed by atoms with Gasteiger partial charge in [0.15, 0.2) is 0 Å². The van der Waals surface area contributed by atoms with E-state index in [1.54, 1.807) is 24.3 Å². The number of amides is 2. The Morgan fingerprint density at radius 1 is 1.39 bits per heavy atom. The van der Waals surface area contributed by atoms with Gasteiger partial charge in [-0.3, -0.25) is 0 Å². The first-order valence-corrected chi connectivity index (χ1v) is 5.68. The molecule has 2 rings (SSSR count). The van der Waals surface area contributed by atoms with Crippen molar-refractivity contribution >= 4 is 12.2 Å². The van der Waals surface area contributed by atoms with Crippen LogP contribution in [-0.2, 0) is 4.74 Å². The summed E-state index contributed by atoms with van der Waals surface area (Å²) in [5, 5.41) is 2.57. The van der Waals surface area contributed by atoms with Crippen LogP contribution in [0.2, 0.25) is 0 Å². The Morgan fingerprint density at radius 2 is 2.17 bits per heavy atom. The molecule has 18 heavy (non-hydrogen) atoms. The largest absolute Gasteiger partial charge is 0.448 e. The van der Waals surface area contributed by atoms with E-state index < -0.39 is 6.09 Å². The van der Waals surface area contributed by atoms with Crippen LogP contribution in [0.4, 0.5) is 9.59 Å². The highest BCUT2D eigenvalue weighted by atomic mass is 16.6. The second-order valence-corrected chi connectivity index (χ2v) is 3.73. The molecule has 0 atom stereocenters. The Morgan fingerprint density at radius 3 is 2.83 bits per heavy atom. The zero-order valence-electron chi connectivity index (χ0n) is 9.80. The van der Waals surface area contributed by atoms with Gasteiger partial charge in [0, 0.05) is 13.1 Å². The van der Waals surface area contributed by atoms with Crippen molar-refractivity contribution in [2.24, 2.45) is 0 Å². The molecule has 1 heterocycles. The monoisotopic (exact) mass is 250 g/mol. The predicted molar refractivity (Wildman–Crippen MR) is 63.4 cm³/mol. The first-order valence-electron chi connectivity index (χ1n) is 5.68. The molecule has 1 aromatic carbocycles. The molecule has 6 heteroatoms. The molecule has 1 saturated heterocycles. The lowest BCUT2D eigenvalue weighted by Crippen LogP contribution is -2.36. The van der Waals surface area contributed by atoms with Gasteiger partial charge in [0.25, 0.3) is 0 Å². The van der Waals surface area contributed by atoms with E-state index in [-0.39, 0.29) is 6.09 Å². The summed E-state index contributed by atoms with van der Waals surface area (Å²) in [5.41, 5.74) is 0. The van der Waals surface area contributed by atoms with Crippen LogP contribution >= 0.6 is 0 Å². The number of carbonyl (C=O) groups excluding carboxylic acids is 2. The summed E-state index contributed by atoms with van der Waals surface area (Å²) in [6.45, 7) is 1.73. The molecule has 1 aliphatic heterocycles. The van der Waals surface area contributed by atoms with Crippen LogP contribution in [0.15, 0.2) is 30.3 Å². The molecule has 0 spiro atoms. The molecule has 1 aromatic rings. The van der Waals surface area contributed by atoms with Gasteiger partial charge in [-0.2, -0.15) is 0 Å². The maximum atomic E-state index is 11.4. The fraction of sp³-hybridized carbons (Fsp3) is 0.333. The highest BCUT2D eigenvalue weighted by Gasteiger charge is 2.21. The molecule has 0 aliphatic carbocycles. The van der Waals surface area contributed by atoms with Gasteiger partial charge in [-0.05, 0) is 12.1 Å². The summed E-state index contributed by atoms with van der Waals surface area (Å²) in [6.07, 6.45) is -0.873. The molecule has 1 N–H and O–H groups in total. The van der Waals surface area contributed by atoms with Gasteiger partial charge in [-0.25, -0.2) is 9.59 Å². The SMILES string of the molecule is O=C(NCCN1CCOC1=O)Oc1ccccc1. The Hall–Kier alpha value is -2.24. The number of hydrogen-bond donors (Lipinski definition) is 1. The topological polar surface area (TPSA) is 67.9 Å². The van der Waals surface area contributed by atoms with Crippen molar-refractivity contribution in [3.63, 3.8) is 0 Å². The third-order valence-corrected chi connectivity index (χ3v) is 2.45. The van der Waals surface area contributed by atoms with Gasteiger partial charge < -0.3 is 19.7 Å². The summed E-state index contributed by atoms with van der Waals surface area (Å²) in [5.74, 6) is 0.482. The maximum absolute atomic E-state index is 11.4. The van der Waals surface area contributed by atoms with E-state index in [0.29, 0.717) is 32.0 Å². The van der Waals surface area contributed by atoms with Crippen molar-refractivity contribution in [1.82, 2.24) is 10.2 Å². The molecule has 0 bridgehead atoms. The average molecular weight is 250 g/mol. The Kier molecular flexibility index (Phi) is 4.01. The number of cyclic esters (lactones) is 1. The number of rotatable bonds is 4. The van der Waals surface area contributed by atoms with E-state index >= 15 is 0 Å². The lowest BCUT2D eigenvalue weighted by Gasteiger charge is -2.12. The normalized spacial score (nSPS) is 14.2. The Balaban J connectivity index is 1.67. The molecule has 1 fully saturated rings. The van der Waals surface area contributed by atoms with Crippen LogP contribution in [0.5, 0.6) is 5.75 Å². The van der Waals surface area contributed by atoms with Crippen LogP contribution in [0, 0.1) is 0 Å². The number of carbonyl (C=O) groups is 2. The minimum Gasteiger partial charge on any atom is -0.448 e. The fourth-order valence-corrected chi connectivity index (χ4v) is 1.55. The third-order valence-electron chi connectivity index (χ3n) is 2.45. The molecule has 0 radical (unpaired) electrons. The van der Waals surface area contributed by atoms with Gasteiger partial charge in [-0.15, -0.1) is 0 Å². The van der Waals surface area contributed by atoms with Crippen LogP contribution in [0.3, 0.4) is 0 Å². The second-order valence-electron chi connectivity index (χ2n) is 3.73.